The summed E-state index contributed by atoms with van der Waals surface area (Å²) < 4.78 is 1.82. The highest BCUT2D eigenvalue weighted by molar-refractivity contribution is 7.99. The average Bonchev–Trinajstić information content (AvgIpc) is 3.20. The van der Waals surface area contributed by atoms with Crippen LogP contribution in [0.2, 0.25) is 5.02 Å². The highest BCUT2D eigenvalue weighted by atomic mass is 35.5. The zero-order valence-corrected chi connectivity index (χ0v) is 20.6. The van der Waals surface area contributed by atoms with Gasteiger partial charge in [-0.05, 0) is 48.7 Å². The predicted molar refractivity (Wildman–Crippen MR) is 138 cm³/mol. The van der Waals surface area contributed by atoms with Gasteiger partial charge in [-0.1, -0.05) is 59.8 Å². The molecule has 7 nitrogen and oxygen atoms in total. The van der Waals surface area contributed by atoms with Crippen molar-refractivity contribution in [2.45, 2.75) is 32.1 Å². The Bertz CT molecular complexity index is 1220. The molecule has 0 aliphatic carbocycles. The number of hydrogen-bond donors (Lipinski definition) is 2. The van der Waals surface area contributed by atoms with Gasteiger partial charge in [-0.15, -0.1) is 16.8 Å². The van der Waals surface area contributed by atoms with Crippen molar-refractivity contribution in [3.05, 3.63) is 88.7 Å². The first-order chi connectivity index (χ1) is 16.4. The van der Waals surface area contributed by atoms with Crippen molar-refractivity contribution in [1.82, 2.24) is 20.1 Å². The Kier molecular flexibility index (Phi) is 9.07. The molecule has 0 radical (unpaired) electrons. The van der Waals surface area contributed by atoms with E-state index in [1.165, 1.54) is 17.8 Å². The molecule has 0 atom stereocenters. The molecule has 34 heavy (non-hydrogen) atoms. The number of carbonyl (C=O) groups is 2. The maximum atomic E-state index is 12.5. The van der Waals surface area contributed by atoms with Crippen LogP contribution in [0.5, 0.6) is 0 Å². The van der Waals surface area contributed by atoms with Crippen molar-refractivity contribution in [2.75, 3.05) is 11.1 Å². The van der Waals surface area contributed by atoms with E-state index in [9.17, 15) is 9.59 Å². The fraction of sp³-hybridized carbons (Fsp3) is 0.200. The molecule has 3 rings (SSSR count). The second-order valence-electron chi connectivity index (χ2n) is 7.46. The topological polar surface area (TPSA) is 88.9 Å². The standard InChI is InChI=1S/C25H26ClN5O2S/c1-4-14-31-22(15-27-23(32)13-12-19-9-5-6-10-20(19)26)29-30-25(31)34-16-24(33)28-21-11-7-8-17(2)18(21)3/h4-13H,1,14-16H2,2-3H3,(H,27,32)(H,28,33). The summed E-state index contributed by atoms with van der Waals surface area (Å²) in [5.41, 5.74) is 3.71. The molecular weight excluding hydrogens is 470 g/mol. The Morgan fingerprint density at radius 3 is 2.71 bits per heavy atom. The van der Waals surface area contributed by atoms with E-state index in [4.69, 9.17) is 11.6 Å². The smallest absolute Gasteiger partial charge is 0.244 e. The van der Waals surface area contributed by atoms with Gasteiger partial charge in [0.1, 0.15) is 0 Å². The van der Waals surface area contributed by atoms with Crippen LogP contribution in [0.1, 0.15) is 22.5 Å². The summed E-state index contributed by atoms with van der Waals surface area (Å²) in [7, 11) is 0. The van der Waals surface area contributed by atoms with Gasteiger partial charge < -0.3 is 15.2 Å². The normalized spacial score (nSPS) is 10.9. The first kappa shape index (κ1) is 25.3. The van der Waals surface area contributed by atoms with E-state index in [2.05, 4.69) is 27.4 Å². The highest BCUT2D eigenvalue weighted by Crippen LogP contribution is 2.21. The summed E-state index contributed by atoms with van der Waals surface area (Å²) in [6.45, 7) is 8.39. The van der Waals surface area contributed by atoms with Gasteiger partial charge in [-0.2, -0.15) is 0 Å². The Balaban J connectivity index is 1.58. The zero-order valence-electron chi connectivity index (χ0n) is 19.0. The number of halogens is 1. The molecule has 9 heteroatoms. The van der Waals surface area contributed by atoms with E-state index in [-0.39, 0.29) is 24.1 Å². The minimum Gasteiger partial charge on any atom is -0.345 e. The molecule has 0 spiro atoms. The van der Waals surface area contributed by atoms with Crippen LogP contribution in [0.25, 0.3) is 6.08 Å². The van der Waals surface area contributed by atoms with Crippen molar-refractivity contribution >= 4 is 46.9 Å². The average molecular weight is 496 g/mol. The van der Waals surface area contributed by atoms with Crippen LogP contribution in [0.3, 0.4) is 0 Å². The quantitative estimate of drug-likeness (QED) is 0.240. The Morgan fingerprint density at radius 1 is 1.15 bits per heavy atom. The molecule has 0 aliphatic heterocycles. The molecule has 176 valence electrons. The lowest BCUT2D eigenvalue weighted by Crippen LogP contribution is -2.23. The number of anilines is 1. The van der Waals surface area contributed by atoms with Gasteiger partial charge >= 0.3 is 0 Å². The Hall–Kier alpha value is -3.36. The molecule has 2 N–H and O–H groups in total. The zero-order chi connectivity index (χ0) is 24.5. The van der Waals surface area contributed by atoms with E-state index < -0.39 is 0 Å². The van der Waals surface area contributed by atoms with Gasteiger partial charge in [-0.3, -0.25) is 9.59 Å². The lowest BCUT2D eigenvalue weighted by molar-refractivity contribution is -0.116. The number of rotatable bonds is 10. The second kappa shape index (κ2) is 12.2. The second-order valence-corrected chi connectivity index (χ2v) is 8.80. The molecular formula is C25H26ClN5O2S. The molecule has 0 saturated heterocycles. The van der Waals surface area contributed by atoms with Crippen LogP contribution in [-0.2, 0) is 22.7 Å². The van der Waals surface area contributed by atoms with E-state index in [1.54, 1.807) is 18.2 Å². The van der Waals surface area contributed by atoms with Crippen LogP contribution < -0.4 is 10.6 Å². The van der Waals surface area contributed by atoms with Gasteiger partial charge in [0.05, 0.1) is 12.3 Å². The third kappa shape index (κ3) is 6.82. The van der Waals surface area contributed by atoms with Gasteiger partial charge in [-0.25, -0.2) is 0 Å². The van der Waals surface area contributed by atoms with Crippen molar-refractivity contribution < 1.29 is 9.59 Å². The maximum absolute atomic E-state index is 12.5. The number of aromatic nitrogens is 3. The molecule has 1 heterocycles. The number of hydrogen-bond acceptors (Lipinski definition) is 5. The third-order valence-electron chi connectivity index (χ3n) is 5.06. The van der Waals surface area contributed by atoms with Gasteiger partial charge in [0.2, 0.25) is 11.8 Å². The molecule has 1 aromatic heterocycles. The van der Waals surface area contributed by atoms with Crippen molar-refractivity contribution in [1.29, 1.82) is 0 Å². The largest absolute Gasteiger partial charge is 0.345 e. The lowest BCUT2D eigenvalue weighted by Gasteiger charge is -2.11. The van der Waals surface area contributed by atoms with Gasteiger partial charge in [0, 0.05) is 23.3 Å². The van der Waals surface area contributed by atoms with Crippen LogP contribution in [0, 0.1) is 13.8 Å². The van der Waals surface area contributed by atoms with E-state index in [1.807, 2.05) is 54.8 Å². The maximum Gasteiger partial charge on any atom is 0.244 e. The van der Waals surface area contributed by atoms with Crippen LogP contribution in [0.4, 0.5) is 5.69 Å². The number of nitrogens with one attached hydrogen (secondary N) is 2. The predicted octanol–water partition coefficient (Wildman–Crippen LogP) is 4.79. The number of aryl methyl sites for hydroxylation is 1. The molecule has 0 saturated carbocycles. The molecule has 3 aromatic rings. The Morgan fingerprint density at radius 2 is 1.94 bits per heavy atom. The van der Waals surface area contributed by atoms with Crippen molar-refractivity contribution in [3.63, 3.8) is 0 Å². The summed E-state index contributed by atoms with van der Waals surface area (Å²) in [5, 5.41) is 15.2. The fourth-order valence-corrected chi connectivity index (χ4v) is 4.04. The Labute approximate surface area is 208 Å². The number of allylic oxidation sites excluding steroid dienone is 1. The van der Waals surface area contributed by atoms with E-state index in [0.717, 1.165) is 22.4 Å². The first-order valence-electron chi connectivity index (χ1n) is 10.6. The molecule has 0 aliphatic rings. The highest BCUT2D eigenvalue weighted by Gasteiger charge is 2.14. The summed E-state index contributed by atoms with van der Waals surface area (Å²) in [6.07, 6.45) is 4.79. The number of nitrogens with zero attached hydrogens (tertiary/aromatic N) is 3. The first-order valence-corrected chi connectivity index (χ1v) is 12.0. The summed E-state index contributed by atoms with van der Waals surface area (Å²) in [4.78, 5) is 24.7. The van der Waals surface area contributed by atoms with Crippen LogP contribution >= 0.6 is 23.4 Å². The minimum absolute atomic E-state index is 0.133. The molecule has 0 unspecified atom stereocenters. The molecule has 0 bridgehead atoms. The number of benzene rings is 2. The monoisotopic (exact) mass is 495 g/mol. The van der Waals surface area contributed by atoms with Gasteiger partial charge in [0.15, 0.2) is 11.0 Å². The van der Waals surface area contributed by atoms with Crippen molar-refractivity contribution in [3.8, 4) is 0 Å². The van der Waals surface area contributed by atoms with E-state index in [0.29, 0.717) is 22.5 Å². The summed E-state index contributed by atoms with van der Waals surface area (Å²) >= 11 is 7.38. The van der Waals surface area contributed by atoms with Crippen LogP contribution in [-0.4, -0.2) is 32.3 Å². The van der Waals surface area contributed by atoms with Gasteiger partial charge in [0.25, 0.3) is 0 Å². The molecule has 0 fully saturated rings. The SMILES string of the molecule is C=CCn1c(CNC(=O)C=Cc2ccccc2Cl)nnc1SCC(=O)Nc1cccc(C)c1C. The molecule has 2 aromatic carbocycles. The number of carbonyl (C=O) groups excluding carboxylic acids is 2. The lowest BCUT2D eigenvalue weighted by atomic mass is 10.1. The number of thioether (sulfide) groups is 1. The summed E-state index contributed by atoms with van der Waals surface area (Å²) in [5.74, 6) is 0.327. The summed E-state index contributed by atoms with van der Waals surface area (Å²) in [6, 6.07) is 13.1. The van der Waals surface area contributed by atoms with Crippen molar-refractivity contribution in [2.24, 2.45) is 0 Å². The van der Waals surface area contributed by atoms with Crippen LogP contribution in [0.15, 0.2) is 66.4 Å². The third-order valence-corrected chi connectivity index (χ3v) is 6.37. The fourth-order valence-electron chi connectivity index (χ4n) is 3.07. The van der Waals surface area contributed by atoms with E-state index >= 15 is 0 Å². The molecule has 2 amide bonds. The number of amides is 2. The minimum atomic E-state index is -0.282.